The molecule has 2 aromatic rings. The first-order chi connectivity index (χ1) is 9.29. The minimum Gasteiger partial charge on any atom is -0.399 e. The molecule has 0 bridgehead atoms. The maximum Gasteiger partial charge on any atom is 0.261 e. The van der Waals surface area contributed by atoms with Crippen LogP contribution < -0.4 is 10.5 Å². The number of hydrogen-bond donors (Lipinski definition) is 2. The third kappa shape index (κ3) is 3.07. The summed E-state index contributed by atoms with van der Waals surface area (Å²) in [5.74, 6) is -1.67. The highest BCUT2D eigenvalue weighted by Gasteiger charge is 2.17. The fraction of sp³-hybridized carbons (Fsp3) is 0. The molecule has 0 saturated carbocycles. The van der Waals surface area contributed by atoms with E-state index in [1.807, 2.05) is 4.72 Å². The maximum atomic E-state index is 13.6. The van der Waals surface area contributed by atoms with Gasteiger partial charge in [-0.15, -0.1) is 0 Å². The summed E-state index contributed by atoms with van der Waals surface area (Å²) in [5, 5.41) is 0. The number of benzene rings is 2. The van der Waals surface area contributed by atoms with Crippen LogP contribution in [-0.2, 0) is 10.0 Å². The van der Waals surface area contributed by atoms with E-state index in [9.17, 15) is 17.2 Å². The summed E-state index contributed by atoms with van der Waals surface area (Å²) >= 11 is 2.81. The van der Waals surface area contributed by atoms with Crippen molar-refractivity contribution in [2.45, 2.75) is 4.90 Å². The second-order valence-corrected chi connectivity index (χ2v) is 6.46. The van der Waals surface area contributed by atoms with Crippen molar-refractivity contribution < 1.29 is 17.2 Å². The molecule has 106 valence electrons. The van der Waals surface area contributed by atoms with Crippen LogP contribution >= 0.6 is 15.9 Å². The highest BCUT2D eigenvalue weighted by atomic mass is 79.9. The monoisotopic (exact) mass is 362 g/mol. The first-order valence-electron chi connectivity index (χ1n) is 5.32. The Balaban J connectivity index is 2.38. The van der Waals surface area contributed by atoms with Crippen molar-refractivity contribution in [3.05, 3.63) is 52.5 Å². The molecule has 0 spiro atoms. The van der Waals surface area contributed by atoms with Crippen LogP contribution in [0, 0.1) is 11.6 Å². The largest absolute Gasteiger partial charge is 0.399 e. The van der Waals surface area contributed by atoms with Gasteiger partial charge in [-0.1, -0.05) is 0 Å². The van der Waals surface area contributed by atoms with E-state index in [1.165, 1.54) is 24.3 Å². The lowest BCUT2D eigenvalue weighted by Crippen LogP contribution is -2.14. The molecule has 0 atom stereocenters. The normalized spacial score (nSPS) is 11.3. The highest BCUT2D eigenvalue weighted by Crippen LogP contribution is 2.25. The molecule has 2 rings (SSSR count). The predicted molar refractivity (Wildman–Crippen MR) is 75.7 cm³/mol. The summed E-state index contributed by atoms with van der Waals surface area (Å²) in [6.07, 6.45) is 0. The number of nitrogen functional groups attached to an aromatic ring is 1. The molecule has 0 fully saturated rings. The molecule has 0 unspecified atom stereocenters. The lowest BCUT2D eigenvalue weighted by molar-refractivity contribution is 0.592. The summed E-state index contributed by atoms with van der Waals surface area (Å²) in [5.41, 5.74) is 5.38. The van der Waals surface area contributed by atoms with Crippen LogP contribution in [0.15, 0.2) is 45.8 Å². The fourth-order valence-corrected chi connectivity index (χ4v) is 2.83. The van der Waals surface area contributed by atoms with Gasteiger partial charge in [0, 0.05) is 11.8 Å². The van der Waals surface area contributed by atoms with Gasteiger partial charge in [0.15, 0.2) is 0 Å². The summed E-state index contributed by atoms with van der Waals surface area (Å²) in [4.78, 5) is -0.102. The number of nitrogens with one attached hydrogen (secondary N) is 1. The topological polar surface area (TPSA) is 72.2 Å². The van der Waals surface area contributed by atoms with Gasteiger partial charge in [0.25, 0.3) is 10.0 Å². The zero-order valence-electron chi connectivity index (χ0n) is 9.90. The van der Waals surface area contributed by atoms with Gasteiger partial charge in [-0.2, -0.15) is 0 Å². The standard InChI is InChI=1S/C12H9BrF2N2O2S/c13-9-5-11(15)12(6-10(9)14)17-20(18,19)8-3-1-7(16)2-4-8/h1-6,17H,16H2. The molecule has 2 aromatic carbocycles. The average molecular weight is 363 g/mol. The van der Waals surface area contributed by atoms with Crippen LogP contribution in [0.3, 0.4) is 0 Å². The van der Waals surface area contributed by atoms with Crippen molar-refractivity contribution in [2.24, 2.45) is 0 Å². The molecule has 8 heteroatoms. The molecular weight excluding hydrogens is 354 g/mol. The molecule has 20 heavy (non-hydrogen) atoms. The van der Waals surface area contributed by atoms with Crippen molar-refractivity contribution in [3.63, 3.8) is 0 Å². The van der Waals surface area contributed by atoms with Crippen LogP contribution in [0.5, 0.6) is 0 Å². The van der Waals surface area contributed by atoms with E-state index in [0.717, 1.165) is 12.1 Å². The minimum atomic E-state index is -4.01. The Morgan fingerprint density at radius 2 is 1.65 bits per heavy atom. The molecular formula is C12H9BrF2N2O2S. The Labute approximate surface area is 122 Å². The van der Waals surface area contributed by atoms with Crippen molar-refractivity contribution in [1.29, 1.82) is 0 Å². The van der Waals surface area contributed by atoms with Gasteiger partial charge in [0.1, 0.15) is 11.6 Å². The fourth-order valence-electron chi connectivity index (χ4n) is 1.45. The first kappa shape index (κ1) is 14.7. The zero-order chi connectivity index (χ0) is 14.9. The molecule has 0 aliphatic rings. The quantitative estimate of drug-likeness (QED) is 0.650. The summed E-state index contributed by atoms with van der Waals surface area (Å²) < 4.78 is 52.8. The second-order valence-electron chi connectivity index (χ2n) is 3.92. The Morgan fingerprint density at radius 3 is 2.25 bits per heavy atom. The van der Waals surface area contributed by atoms with Gasteiger partial charge in [-0.05, 0) is 46.3 Å². The van der Waals surface area contributed by atoms with Gasteiger partial charge in [-0.3, -0.25) is 4.72 Å². The van der Waals surface area contributed by atoms with Gasteiger partial charge in [-0.25, -0.2) is 17.2 Å². The van der Waals surface area contributed by atoms with Crippen molar-refractivity contribution in [2.75, 3.05) is 10.5 Å². The van der Waals surface area contributed by atoms with E-state index < -0.39 is 27.3 Å². The Bertz CT molecular complexity index is 749. The molecule has 0 amide bonds. The zero-order valence-corrected chi connectivity index (χ0v) is 12.3. The van der Waals surface area contributed by atoms with E-state index in [-0.39, 0.29) is 9.37 Å². The number of rotatable bonds is 3. The van der Waals surface area contributed by atoms with Crippen LogP contribution in [0.4, 0.5) is 20.2 Å². The second kappa shape index (κ2) is 5.37. The summed E-state index contributed by atoms with van der Waals surface area (Å²) in [6.45, 7) is 0. The minimum absolute atomic E-state index is 0.0922. The van der Waals surface area contributed by atoms with E-state index >= 15 is 0 Å². The van der Waals surface area contributed by atoms with E-state index in [1.54, 1.807) is 0 Å². The average Bonchev–Trinajstić information content (AvgIpc) is 2.36. The van der Waals surface area contributed by atoms with E-state index in [4.69, 9.17) is 5.73 Å². The van der Waals surface area contributed by atoms with Crippen LogP contribution in [0.25, 0.3) is 0 Å². The molecule has 3 N–H and O–H groups in total. The molecule has 0 aromatic heterocycles. The van der Waals surface area contributed by atoms with Crippen LogP contribution in [-0.4, -0.2) is 8.42 Å². The Hall–Kier alpha value is -1.67. The highest BCUT2D eigenvalue weighted by molar-refractivity contribution is 9.10. The third-order valence-electron chi connectivity index (χ3n) is 2.44. The molecule has 0 aliphatic heterocycles. The number of halogens is 3. The van der Waals surface area contributed by atoms with Gasteiger partial charge in [0.05, 0.1) is 15.1 Å². The number of nitrogens with two attached hydrogens (primary N) is 1. The van der Waals surface area contributed by atoms with E-state index in [2.05, 4.69) is 15.9 Å². The Kier molecular flexibility index (Phi) is 3.96. The molecule has 0 heterocycles. The summed E-state index contributed by atoms with van der Waals surface area (Å²) in [7, 11) is -4.01. The number of sulfonamides is 1. The smallest absolute Gasteiger partial charge is 0.261 e. The van der Waals surface area contributed by atoms with Gasteiger partial charge >= 0.3 is 0 Å². The number of hydrogen-bond acceptors (Lipinski definition) is 3. The molecule has 4 nitrogen and oxygen atoms in total. The third-order valence-corrected chi connectivity index (χ3v) is 4.43. The van der Waals surface area contributed by atoms with E-state index in [0.29, 0.717) is 5.69 Å². The maximum absolute atomic E-state index is 13.6. The van der Waals surface area contributed by atoms with Crippen molar-refractivity contribution in [1.82, 2.24) is 0 Å². The molecule has 0 aliphatic carbocycles. The van der Waals surface area contributed by atoms with Crippen LogP contribution in [0.1, 0.15) is 0 Å². The van der Waals surface area contributed by atoms with Gasteiger partial charge in [0.2, 0.25) is 0 Å². The summed E-state index contributed by atoms with van der Waals surface area (Å²) in [6, 6.07) is 6.93. The van der Waals surface area contributed by atoms with Crippen molar-refractivity contribution in [3.8, 4) is 0 Å². The van der Waals surface area contributed by atoms with Gasteiger partial charge < -0.3 is 5.73 Å². The molecule has 0 radical (unpaired) electrons. The van der Waals surface area contributed by atoms with Crippen molar-refractivity contribution >= 4 is 37.3 Å². The first-order valence-corrected chi connectivity index (χ1v) is 7.60. The lowest BCUT2D eigenvalue weighted by atomic mass is 10.3. The predicted octanol–water partition coefficient (Wildman–Crippen LogP) is 3.11. The Morgan fingerprint density at radius 1 is 1.05 bits per heavy atom. The van der Waals surface area contributed by atoms with Crippen LogP contribution in [0.2, 0.25) is 0 Å². The number of anilines is 2. The SMILES string of the molecule is Nc1ccc(S(=O)(=O)Nc2cc(F)c(Br)cc2F)cc1. The molecule has 0 saturated heterocycles. The lowest BCUT2D eigenvalue weighted by Gasteiger charge is -2.10.